The fourth-order valence-corrected chi connectivity index (χ4v) is 4.67. The number of hydrogen-bond donors (Lipinski definition) is 1. The normalized spacial score (nSPS) is 20.6. The maximum absolute atomic E-state index is 12.6. The first-order valence-corrected chi connectivity index (χ1v) is 11.6. The molecule has 7 heteroatoms. The van der Waals surface area contributed by atoms with Crippen molar-refractivity contribution in [3.05, 3.63) is 71.4 Å². The summed E-state index contributed by atoms with van der Waals surface area (Å²) in [6.45, 7) is 3.96. The molecule has 1 aliphatic rings. The van der Waals surface area contributed by atoms with Crippen molar-refractivity contribution < 1.29 is 9.53 Å². The quantitative estimate of drug-likeness (QED) is 0.604. The number of hydrogen-bond acceptors (Lipinski definition) is 5. The first-order chi connectivity index (χ1) is 15.9. The molecule has 1 heterocycles. The number of nitrogens with one attached hydrogen (secondary N) is 1. The first kappa shape index (κ1) is 23.0. The third-order valence-electron chi connectivity index (χ3n) is 6.88. The highest BCUT2D eigenvalue weighted by atomic mass is 16.6. The van der Waals surface area contributed by atoms with E-state index >= 15 is 0 Å². The molecule has 2 aromatic carbocycles. The Morgan fingerprint density at radius 2 is 1.73 bits per heavy atom. The number of nitrogens with zero attached hydrogens (tertiary/aromatic N) is 4. The second kappa shape index (κ2) is 9.75. The number of para-hydroxylation sites is 1. The summed E-state index contributed by atoms with van der Waals surface area (Å²) < 4.78 is 5.51. The Morgan fingerprint density at radius 1 is 1.06 bits per heavy atom. The summed E-state index contributed by atoms with van der Waals surface area (Å²) in [5, 5.41) is 11.7. The standard InChI is InChI=1S/C26H33N5O2/c1-19-10-8-9-11-21(19)18-26(30(3)4)16-14-22(15-17-26)27-25(32)33-24-20(2)28-31(29-24)23-12-6-5-7-13-23/h5-13,22H,14-18H2,1-4H3,(H,27,32). The molecule has 0 unspecified atom stereocenters. The molecule has 0 aliphatic heterocycles. The van der Waals surface area contributed by atoms with Gasteiger partial charge in [-0.25, -0.2) is 4.79 Å². The van der Waals surface area contributed by atoms with Gasteiger partial charge < -0.3 is 15.0 Å². The zero-order valence-corrected chi connectivity index (χ0v) is 19.9. The molecule has 1 aromatic heterocycles. The number of rotatable bonds is 6. The maximum atomic E-state index is 12.6. The average molecular weight is 448 g/mol. The van der Waals surface area contributed by atoms with Crippen molar-refractivity contribution in [1.82, 2.24) is 25.2 Å². The van der Waals surface area contributed by atoms with Crippen LogP contribution >= 0.6 is 0 Å². The van der Waals surface area contributed by atoms with E-state index in [0.29, 0.717) is 5.69 Å². The van der Waals surface area contributed by atoms with Gasteiger partial charge in [-0.1, -0.05) is 42.5 Å². The van der Waals surface area contributed by atoms with Crippen molar-refractivity contribution in [1.29, 1.82) is 0 Å². The summed E-state index contributed by atoms with van der Waals surface area (Å²) in [5.41, 5.74) is 4.22. The van der Waals surface area contributed by atoms with Crippen molar-refractivity contribution in [2.45, 2.75) is 57.5 Å². The summed E-state index contributed by atoms with van der Waals surface area (Å²) in [6.07, 6.45) is 4.40. The highest BCUT2D eigenvalue weighted by Crippen LogP contribution is 2.36. The van der Waals surface area contributed by atoms with Gasteiger partial charge >= 0.3 is 6.09 Å². The van der Waals surface area contributed by atoms with E-state index < -0.39 is 6.09 Å². The summed E-state index contributed by atoms with van der Waals surface area (Å²) in [7, 11) is 4.33. The predicted octanol–water partition coefficient (Wildman–Crippen LogP) is 4.46. The molecular formula is C26H33N5O2. The zero-order chi connectivity index (χ0) is 23.4. The van der Waals surface area contributed by atoms with Gasteiger partial charge in [0.05, 0.1) is 5.69 Å². The predicted molar refractivity (Wildman–Crippen MR) is 129 cm³/mol. The lowest BCUT2D eigenvalue weighted by Crippen LogP contribution is -2.52. The molecular weight excluding hydrogens is 414 g/mol. The van der Waals surface area contributed by atoms with Crippen molar-refractivity contribution in [2.24, 2.45) is 0 Å². The molecule has 1 amide bonds. The lowest BCUT2D eigenvalue weighted by molar-refractivity contribution is 0.0866. The van der Waals surface area contributed by atoms with Crippen LogP contribution in [0.1, 0.15) is 42.5 Å². The van der Waals surface area contributed by atoms with Crippen LogP contribution in [-0.2, 0) is 6.42 Å². The van der Waals surface area contributed by atoms with Gasteiger partial charge in [0.15, 0.2) is 0 Å². The fourth-order valence-electron chi connectivity index (χ4n) is 4.67. The molecule has 1 aliphatic carbocycles. The van der Waals surface area contributed by atoms with Gasteiger partial charge in [0.2, 0.25) is 0 Å². The Balaban J connectivity index is 1.35. The number of carbonyl (C=O) groups excluding carboxylic acids is 1. The van der Waals surface area contributed by atoms with Crippen LogP contribution in [0.5, 0.6) is 5.88 Å². The van der Waals surface area contributed by atoms with Gasteiger partial charge in [-0.3, -0.25) is 0 Å². The van der Waals surface area contributed by atoms with Crippen LogP contribution in [-0.4, -0.2) is 51.7 Å². The smallest absolute Gasteiger partial charge is 0.388 e. The van der Waals surface area contributed by atoms with Crippen molar-refractivity contribution >= 4 is 6.09 Å². The Bertz CT molecular complexity index is 1090. The Labute approximate surface area is 195 Å². The minimum Gasteiger partial charge on any atom is -0.388 e. The number of carbonyl (C=O) groups is 1. The van der Waals surface area contributed by atoms with E-state index in [-0.39, 0.29) is 17.5 Å². The summed E-state index contributed by atoms with van der Waals surface area (Å²) in [4.78, 5) is 16.4. The van der Waals surface area contributed by atoms with Crippen LogP contribution in [0.2, 0.25) is 0 Å². The van der Waals surface area contributed by atoms with Gasteiger partial charge in [0.1, 0.15) is 5.69 Å². The van der Waals surface area contributed by atoms with E-state index in [1.165, 1.54) is 15.9 Å². The number of aromatic nitrogens is 3. The minimum atomic E-state index is -0.473. The van der Waals surface area contributed by atoms with Gasteiger partial charge in [-0.15, -0.1) is 15.0 Å². The molecule has 0 spiro atoms. The van der Waals surface area contributed by atoms with Gasteiger partial charge in [-0.2, -0.15) is 0 Å². The largest absolute Gasteiger partial charge is 0.414 e. The van der Waals surface area contributed by atoms with Crippen LogP contribution < -0.4 is 10.1 Å². The topological polar surface area (TPSA) is 72.3 Å². The monoisotopic (exact) mass is 447 g/mol. The molecule has 0 radical (unpaired) electrons. The molecule has 3 aromatic rings. The molecule has 33 heavy (non-hydrogen) atoms. The van der Waals surface area contributed by atoms with Crippen molar-refractivity contribution in [3.63, 3.8) is 0 Å². The maximum Gasteiger partial charge on any atom is 0.414 e. The SMILES string of the molecule is Cc1ccccc1CC1(N(C)C)CCC(NC(=O)Oc2nn(-c3ccccc3)nc2C)CC1. The zero-order valence-electron chi connectivity index (χ0n) is 19.9. The van der Waals surface area contributed by atoms with Gasteiger partial charge in [0, 0.05) is 11.6 Å². The van der Waals surface area contributed by atoms with Crippen molar-refractivity contribution in [3.8, 4) is 11.6 Å². The second-order valence-corrected chi connectivity index (χ2v) is 9.25. The lowest BCUT2D eigenvalue weighted by atomic mass is 9.74. The summed E-state index contributed by atoms with van der Waals surface area (Å²) in [5.74, 6) is 0.231. The minimum absolute atomic E-state index is 0.0897. The number of aryl methyl sites for hydroxylation is 2. The van der Waals surface area contributed by atoms with Crippen molar-refractivity contribution in [2.75, 3.05) is 14.1 Å². The van der Waals surface area contributed by atoms with Crippen LogP contribution in [0.3, 0.4) is 0 Å². The van der Waals surface area contributed by atoms with E-state index in [0.717, 1.165) is 37.8 Å². The third-order valence-corrected chi connectivity index (χ3v) is 6.88. The second-order valence-electron chi connectivity index (χ2n) is 9.25. The summed E-state index contributed by atoms with van der Waals surface area (Å²) in [6, 6.07) is 18.3. The van der Waals surface area contributed by atoms with Crippen LogP contribution in [0.25, 0.3) is 5.69 Å². The number of benzene rings is 2. The summed E-state index contributed by atoms with van der Waals surface area (Å²) >= 11 is 0. The molecule has 1 saturated carbocycles. The van der Waals surface area contributed by atoms with E-state index in [1.54, 1.807) is 6.92 Å². The Morgan fingerprint density at radius 3 is 2.39 bits per heavy atom. The average Bonchev–Trinajstić information content (AvgIpc) is 3.17. The van der Waals surface area contributed by atoms with Crippen LogP contribution in [0.4, 0.5) is 4.79 Å². The molecule has 4 rings (SSSR count). The van der Waals surface area contributed by atoms with E-state index in [4.69, 9.17) is 4.74 Å². The highest BCUT2D eigenvalue weighted by molar-refractivity contribution is 5.70. The molecule has 0 bridgehead atoms. The van der Waals surface area contributed by atoms with Crippen LogP contribution in [0.15, 0.2) is 54.6 Å². The number of ether oxygens (including phenoxy) is 1. The first-order valence-electron chi connectivity index (χ1n) is 11.6. The Hall–Kier alpha value is -3.19. The molecule has 1 N–H and O–H groups in total. The van der Waals surface area contributed by atoms with Gasteiger partial charge in [-0.05, 0) is 83.3 Å². The third kappa shape index (κ3) is 5.25. The van der Waals surface area contributed by atoms with E-state index in [9.17, 15) is 4.79 Å². The van der Waals surface area contributed by atoms with Gasteiger partial charge in [0.25, 0.3) is 5.88 Å². The molecule has 0 saturated heterocycles. The Kier molecular flexibility index (Phi) is 6.79. The molecule has 7 nitrogen and oxygen atoms in total. The van der Waals surface area contributed by atoms with Crippen LogP contribution in [0, 0.1) is 13.8 Å². The fraction of sp³-hybridized carbons (Fsp3) is 0.423. The molecule has 0 atom stereocenters. The number of likely N-dealkylation sites (N-methyl/N-ethyl adjacent to an activating group) is 1. The van der Waals surface area contributed by atoms with E-state index in [2.05, 4.69) is 65.7 Å². The van der Waals surface area contributed by atoms with E-state index in [1.807, 2.05) is 30.3 Å². The number of amides is 1. The molecule has 174 valence electrons. The highest BCUT2D eigenvalue weighted by Gasteiger charge is 2.38. The lowest BCUT2D eigenvalue weighted by Gasteiger charge is -2.45. The molecule has 1 fully saturated rings.